The Morgan fingerprint density at radius 1 is 1.08 bits per heavy atom. The number of carbonyl (C=O) groups is 1. The summed E-state index contributed by atoms with van der Waals surface area (Å²) in [6, 6.07) is 8.31. The third-order valence-corrected chi connectivity index (χ3v) is 8.03. The number of carbonyl (C=O) groups excluding carboxylic acids is 1. The fraction of sp³-hybridized carbons (Fsp3) is 0.188. The van der Waals surface area contributed by atoms with Crippen LogP contribution < -0.4 is 5.32 Å². The van der Waals surface area contributed by atoms with Crippen LogP contribution in [0.1, 0.15) is 11.1 Å². The van der Waals surface area contributed by atoms with Gasteiger partial charge in [0.1, 0.15) is 11.6 Å². The molecule has 1 N–H and O–H groups in total. The number of amides is 1. The number of thioether (sulfide) groups is 1. The molecule has 0 aromatic heterocycles. The molecule has 1 unspecified atom stereocenters. The normalized spacial score (nSPS) is 20.9. The molecule has 1 atom stereocenters. The predicted molar refractivity (Wildman–Crippen MR) is 87.0 cm³/mol. The van der Waals surface area contributed by atoms with E-state index in [2.05, 4.69) is 5.32 Å². The monoisotopic (exact) mass is 369 g/mol. The average Bonchev–Trinajstić information content (AvgIpc) is 2.94. The van der Waals surface area contributed by atoms with Gasteiger partial charge in [0, 0.05) is 5.56 Å². The van der Waals surface area contributed by atoms with Crippen molar-refractivity contribution in [1.82, 2.24) is 5.32 Å². The Morgan fingerprint density at radius 3 is 2.29 bits per heavy atom. The van der Waals surface area contributed by atoms with Crippen LogP contribution in [0.2, 0.25) is 0 Å². The third-order valence-electron chi connectivity index (χ3n) is 3.75. The van der Waals surface area contributed by atoms with Gasteiger partial charge in [-0.3, -0.25) is 4.79 Å². The Morgan fingerprint density at radius 2 is 1.71 bits per heavy atom. The second kappa shape index (κ2) is 5.86. The molecule has 8 heteroatoms. The van der Waals surface area contributed by atoms with Gasteiger partial charge in [-0.25, -0.2) is 17.2 Å². The molecule has 1 fully saturated rings. The fourth-order valence-electron chi connectivity index (χ4n) is 2.57. The molecular formula is C16H13F2NO3S2. The highest BCUT2D eigenvalue weighted by atomic mass is 32.3. The van der Waals surface area contributed by atoms with Gasteiger partial charge in [0.15, 0.2) is 0 Å². The van der Waals surface area contributed by atoms with Crippen LogP contribution in [0.3, 0.4) is 0 Å². The first kappa shape index (κ1) is 16.9. The van der Waals surface area contributed by atoms with Gasteiger partial charge in [-0.2, -0.15) is 0 Å². The molecule has 24 heavy (non-hydrogen) atoms. The first-order valence-electron chi connectivity index (χ1n) is 6.98. The number of sulfone groups is 1. The molecule has 1 heterocycles. The summed E-state index contributed by atoms with van der Waals surface area (Å²) in [5.41, 5.74) is 0.572. The molecule has 0 spiro atoms. The summed E-state index contributed by atoms with van der Waals surface area (Å²) in [6.45, 7) is 1.55. The third kappa shape index (κ3) is 2.59. The van der Waals surface area contributed by atoms with Crippen LogP contribution in [0.5, 0.6) is 0 Å². The molecule has 1 aliphatic rings. The summed E-state index contributed by atoms with van der Waals surface area (Å²) in [7, 11) is -4.18. The second-order valence-electron chi connectivity index (χ2n) is 5.37. The minimum absolute atomic E-state index is 0.0645. The number of hydrogen-bond donors (Lipinski definition) is 1. The van der Waals surface area contributed by atoms with Crippen molar-refractivity contribution in [2.75, 3.05) is 5.75 Å². The molecule has 0 saturated carbocycles. The van der Waals surface area contributed by atoms with Gasteiger partial charge in [-0.1, -0.05) is 18.2 Å². The lowest BCUT2D eigenvalue weighted by atomic mass is 10.2. The average molecular weight is 369 g/mol. The summed E-state index contributed by atoms with van der Waals surface area (Å²) < 4.78 is 51.6. The molecule has 1 saturated heterocycles. The Hall–Kier alpha value is -1.93. The largest absolute Gasteiger partial charge is 0.324 e. The summed E-state index contributed by atoms with van der Waals surface area (Å²) in [6.07, 6.45) is 0. The second-order valence-corrected chi connectivity index (χ2v) is 8.88. The van der Waals surface area contributed by atoms with E-state index in [-0.39, 0.29) is 16.2 Å². The zero-order chi connectivity index (χ0) is 17.5. The lowest BCUT2D eigenvalue weighted by molar-refractivity contribution is -0.118. The van der Waals surface area contributed by atoms with Crippen LogP contribution in [0.25, 0.3) is 0 Å². The Balaban J connectivity index is 2.24. The van der Waals surface area contributed by atoms with Gasteiger partial charge >= 0.3 is 0 Å². The molecule has 126 valence electrons. The van der Waals surface area contributed by atoms with Crippen molar-refractivity contribution in [2.45, 2.75) is 16.0 Å². The lowest BCUT2D eigenvalue weighted by Crippen LogP contribution is -2.44. The molecule has 1 amide bonds. The van der Waals surface area contributed by atoms with Gasteiger partial charge in [-0.15, -0.1) is 11.8 Å². The van der Waals surface area contributed by atoms with E-state index in [1.807, 2.05) is 0 Å². The molecule has 3 rings (SSSR count). The zero-order valence-electron chi connectivity index (χ0n) is 12.5. The van der Waals surface area contributed by atoms with E-state index in [0.29, 0.717) is 5.56 Å². The van der Waals surface area contributed by atoms with E-state index >= 15 is 0 Å². The molecule has 4 nitrogen and oxygen atoms in total. The van der Waals surface area contributed by atoms with Gasteiger partial charge in [0.2, 0.25) is 19.9 Å². The highest BCUT2D eigenvalue weighted by molar-refractivity contribution is 8.14. The van der Waals surface area contributed by atoms with Gasteiger partial charge in [-0.05, 0) is 36.8 Å². The number of nitrogens with one attached hydrogen (secondary N) is 1. The number of benzene rings is 2. The first-order valence-corrected chi connectivity index (χ1v) is 9.45. The van der Waals surface area contributed by atoms with Crippen molar-refractivity contribution in [3.8, 4) is 0 Å². The number of aryl methyl sites for hydroxylation is 1. The van der Waals surface area contributed by atoms with Gasteiger partial charge < -0.3 is 5.32 Å². The molecule has 0 aliphatic carbocycles. The molecule has 2 aromatic rings. The van der Waals surface area contributed by atoms with Crippen LogP contribution >= 0.6 is 11.8 Å². The van der Waals surface area contributed by atoms with E-state index in [1.54, 1.807) is 6.92 Å². The van der Waals surface area contributed by atoms with Crippen LogP contribution in [0.4, 0.5) is 8.78 Å². The molecule has 0 bridgehead atoms. The minimum atomic E-state index is -4.18. The molecular weight excluding hydrogens is 356 g/mol. The molecule has 0 radical (unpaired) electrons. The zero-order valence-corrected chi connectivity index (χ0v) is 14.2. The van der Waals surface area contributed by atoms with Crippen LogP contribution in [-0.4, -0.2) is 20.1 Å². The predicted octanol–water partition coefficient (Wildman–Crippen LogP) is 2.72. The number of hydrogen-bond acceptors (Lipinski definition) is 4. The highest BCUT2D eigenvalue weighted by Crippen LogP contribution is 2.46. The standard InChI is InChI=1S/C16H13F2NO3S2/c1-10-2-5-13(18)8-14(10)24(21,22)16(19-15(20)9-23-16)11-3-6-12(17)7-4-11/h2-8H,9H2,1H3,(H,19,20). The topological polar surface area (TPSA) is 63.2 Å². The van der Waals surface area contributed by atoms with Crippen LogP contribution in [-0.2, 0) is 18.8 Å². The van der Waals surface area contributed by atoms with Gasteiger partial charge in [0.25, 0.3) is 0 Å². The Labute approximate surface area is 142 Å². The van der Waals surface area contributed by atoms with E-state index in [0.717, 1.165) is 30.0 Å². The maximum atomic E-state index is 13.6. The Bertz CT molecular complexity index is 913. The fourth-order valence-corrected chi connectivity index (χ4v) is 6.29. The van der Waals surface area contributed by atoms with Crippen molar-refractivity contribution in [3.05, 3.63) is 65.2 Å². The quantitative estimate of drug-likeness (QED) is 0.904. The van der Waals surface area contributed by atoms with Crippen molar-refractivity contribution in [3.63, 3.8) is 0 Å². The smallest absolute Gasteiger partial charge is 0.232 e. The maximum absolute atomic E-state index is 13.6. The van der Waals surface area contributed by atoms with E-state index < -0.39 is 31.6 Å². The minimum Gasteiger partial charge on any atom is -0.324 e. The van der Waals surface area contributed by atoms with E-state index in [1.165, 1.54) is 24.3 Å². The summed E-state index contributed by atoms with van der Waals surface area (Å²) in [5, 5.41) is 2.48. The first-order chi connectivity index (χ1) is 11.3. The van der Waals surface area contributed by atoms with Crippen molar-refractivity contribution in [1.29, 1.82) is 0 Å². The van der Waals surface area contributed by atoms with Crippen LogP contribution in [0, 0.1) is 18.6 Å². The number of halogens is 2. The lowest BCUT2D eigenvalue weighted by Gasteiger charge is -2.29. The van der Waals surface area contributed by atoms with Crippen molar-refractivity contribution < 1.29 is 22.0 Å². The van der Waals surface area contributed by atoms with E-state index in [4.69, 9.17) is 0 Å². The maximum Gasteiger partial charge on any atom is 0.232 e. The summed E-state index contributed by atoms with van der Waals surface area (Å²) in [4.78, 5) is 11.6. The van der Waals surface area contributed by atoms with Gasteiger partial charge in [0.05, 0.1) is 10.6 Å². The summed E-state index contributed by atoms with van der Waals surface area (Å²) >= 11 is 0.880. The van der Waals surface area contributed by atoms with E-state index in [9.17, 15) is 22.0 Å². The SMILES string of the molecule is Cc1ccc(F)cc1S(=O)(=O)C1(c2ccc(F)cc2)NC(=O)CS1. The van der Waals surface area contributed by atoms with Crippen molar-refractivity contribution >= 4 is 27.5 Å². The van der Waals surface area contributed by atoms with Crippen molar-refractivity contribution in [2.24, 2.45) is 0 Å². The van der Waals surface area contributed by atoms with Crippen LogP contribution in [0.15, 0.2) is 47.4 Å². The summed E-state index contributed by atoms with van der Waals surface area (Å²) in [5.74, 6) is -1.74. The molecule has 2 aromatic carbocycles. The number of rotatable bonds is 3. The highest BCUT2D eigenvalue weighted by Gasteiger charge is 2.52. The Kier molecular flexibility index (Phi) is 4.13. The molecule has 1 aliphatic heterocycles.